The number of para-hydroxylation sites is 2. The summed E-state index contributed by atoms with van der Waals surface area (Å²) < 4.78 is 9.15. The van der Waals surface area contributed by atoms with Gasteiger partial charge in [-0.25, -0.2) is 0 Å². The van der Waals surface area contributed by atoms with Crippen molar-refractivity contribution < 1.29 is 14.1 Å². The van der Waals surface area contributed by atoms with Crippen molar-refractivity contribution in [1.82, 2.24) is 9.13 Å². The molecule has 0 unspecified atom stereocenters. The van der Waals surface area contributed by atoms with Crippen molar-refractivity contribution in [3.05, 3.63) is 106 Å². The van der Waals surface area contributed by atoms with E-state index in [2.05, 4.69) is 0 Å². The Morgan fingerprint density at radius 1 is 0.938 bits per heavy atom. The van der Waals surface area contributed by atoms with Crippen LogP contribution in [0.15, 0.2) is 83.3 Å². The third-order valence-electron chi connectivity index (χ3n) is 5.45. The number of nitrogens with one attached hydrogen (secondary N) is 1. The number of benzene rings is 3. The zero-order chi connectivity index (χ0) is 22.2. The first-order chi connectivity index (χ1) is 15.5. The van der Waals surface area contributed by atoms with Gasteiger partial charge in [0.1, 0.15) is 5.58 Å². The molecule has 158 valence electrons. The minimum atomic E-state index is -0.488. The van der Waals surface area contributed by atoms with Crippen LogP contribution in [-0.2, 0) is 13.1 Å². The quantitative estimate of drug-likeness (QED) is 0.245. The number of hydrogen-bond acceptors (Lipinski definition) is 5. The molecule has 8 nitrogen and oxygen atoms in total. The fraction of sp³-hybridized carbons (Fsp3) is 0.0833. The summed E-state index contributed by atoms with van der Waals surface area (Å²) in [6, 6.07) is 23.1. The van der Waals surface area contributed by atoms with Gasteiger partial charge in [0.05, 0.1) is 29.0 Å². The van der Waals surface area contributed by atoms with Gasteiger partial charge in [-0.3, -0.25) is 20.3 Å². The normalized spacial score (nSPS) is 11.2. The Bertz CT molecular complexity index is 1540. The van der Waals surface area contributed by atoms with Crippen LogP contribution in [0, 0.1) is 15.5 Å². The number of imidazole rings is 1. The Labute approximate surface area is 181 Å². The second kappa shape index (κ2) is 7.66. The fourth-order valence-electron chi connectivity index (χ4n) is 3.88. The van der Waals surface area contributed by atoms with Crippen molar-refractivity contribution in [3.8, 4) is 0 Å². The number of carbonyl (C=O) groups is 1. The molecule has 0 aliphatic heterocycles. The first-order valence-electron chi connectivity index (χ1n) is 9.99. The summed E-state index contributed by atoms with van der Waals surface area (Å²) in [6.07, 6.45) is 0. The average Bonchev–Trinajstić information content (AvgIpc) is 3.34. The third kappa shape index (κ3) is 3.37. The number of rotatable bonds is 6. The number of carbonyl (C=O) groups excluding carboxylic acids is 1. The zero-order valence-electron chi connectivity index (χ0n) is 16.9. The molecule has 0 bridgehead atoms. The molecule has 3 aromatic carbocycles. The highest BCUT2D eigenvalue weighted by molar-refractivity contribution is 5.98. The van der Waals surface area contributed by atoms with Crippen LogP contribution in [0.4, 0.5) is 5.69 Å². The maximum absolute atomic E-state index is 13.0. The van der Waals surface area contributed by atoms with Crippen molar-refractivity contribution in [1.29, 1.82) is 5.41 Å². The van der Waals surface area contributed by atoms with Crippen molar-refractivity contribution >= 4 is 33.5 Å². The van der Waals surface area contributed by atoms with Gasteiger partial charge >= 0.3 is 0 Å². The van der Waals surface area contributed by atoms with Gasteiger partial charge < -0.3 is 13.6 Å². The maximum atomic E-state index is 13.0. The molecule has 0 saturated carbocycles. The first kappa shape index (κ1) is 19.5. The van der Waals surface area contributed by atoms with Crippen LogP contribution in [0.25, 0.3) is 22.0 Å². The monoisotopic (exact) mass is 426 g/mol. The van der Waals surface area contributed by atoms with E-state index in [0.29, 0.717) is 17.5 Å². The summed E-state index contributed by atoms with van der Waals surface area (Å²) in [5, 5.41) is 20.2. The molecule has 5 rings (SSSR count). The number of nitrogens with zero attached hydrogens (tertiary/aromatic N) is 3. The largest absolute Gasteiger partial charge is 0.453 e. The van der Waals surface area contributed by atoms with Crippen molar-refractivity contribution in [3.63, 3.8) is 0 Å². The molecule has 1 N–H and O–H groups in total. The van der Waals surface area contributed by atoms with E-state index in [1.807, 2.05) is 59.2 Å². The second-order valence-electron chi connectivity index (χ2n) is 7.48. The van der Waals surface area contributed by atoms with Gasteiger partial charge in [-0.15, -0.1) is 0 Å². The van der Waals surface area contributed by atoms with Gasteiger partial charge in [-0.2, -0.15) is 0 Å². The minimum Gasteiger partial charge on any atom is -0.453 e. The Morgan fingerprint density at radius 3 is 2.34 bits per heavy atom. The van der Waals surface area contributed by atoms with E-state index in [1.54, 1.807) is 4.57 Å². The number of ketones is 1. The predicted molar refractivity (Wildman–Crippen MR) is 119 cm³/mol. The van der Waals surface area contributed by atoms with Gasteiger partial charge in [-0.05, 0) is 29.8 Å². The molecule has 0 fully saturated rings. The Kier molecular flexibility index (Phi) is 4.67. The number of aromatic nitrogens is 2. The van der Waals surface area contributed by atoms with Crippen LogP contribution in [0.3, 0.4) is 0 Å². The van der Waals surface area contributed by atoms with Gasteiger partial charge in [0, 0.05) is 17.5 Å². The molecule has 0 saturated heterocycles. The molecule has 2 heterocycles. The molecule has 0 amide bonds. The molecule has 0 spiro atoms. The third-order valence-corrected chi connectivity index (χ3v) is 5.45. The molecule has 0 aliphatic carbocycles. The number of hydrogen-bond donors (Lipinski definition) is 1. The van der Waals surface area contributed by atoms with Gasteiger partial charge in [0.2, 0.25) is 11.4 Å². The fourth-order valence-corrected chi connectivity index (χ4v) is 3.88. The number of nitro groups is 1. The first-order valence-corrected chi connectivity index (χ1v) is 9.99. The highest BCUT2D eigenvalue weighted by Gasteiger charge is 2.18. The highest BCUT2D eigenvalue weighted by atomic mass is 16.6. The van der Waals surface area contributed by atoms with E-state index < -0.39 is 4.92 Å². The zero-order valence-corrected chi connectivity index (χ0v) is 16.9. The van der Waals surface area contributed by atoms with E-state index >= 15 is 0 Å². The highest BCUT2D eigenvalue weighted by Crippen LogP contribution is 2.25. The van der Waals surface area contributed by atoms with Gasteiger partial charge in [0.25, 0.3) is 5.69 Å². The van der Waals surface area contributed by atoms with E-state index in [9.17, 15) is 14.9 Å². The van der Waals surface area contributed by atoms with Crippen LogP contribution in [-0.4, -0.2) is 19.8 Å². The van der Waals surface area contributed by atoms with Gasteiger partial charge in [-0.1, -0.05) is 42.5 Å². The molecular formula is C24H18N4O4. The number of fused-ring (bicyclic) bond motifs is 2. The lowest BCUT2D eigenvalue weighted by molar-refractivity contribution is -0.384. The molecule has 0 atom stereocenters. The Hall–Kier alpha value is -4.46. The van der Waals surface area contributed by atoms with Crippen LogP contribution in [0.1, 0.15) is 16.1 Å². The van der Waals surface area contributed by atoms with Crippen molar-refractivity contribution in [2.45, 2.75) is 13.1 Å². The van der Waals surface area contributed by atoms with Crippen LogP contribution in [0.2, 0.25) is 0 Å². The number of Topliss-reactive ketones (excluding diaryl/α,β-unsaturated/α-hetero) is 1. The minimum absolute atomic E-state index is 0.0656. The SMILES string of the molecule is N=c1n(CC(=O)c2cc3cc([N+](=O)[O-])ccc3o2)c2ccccc2n1Cc1ccccc1. The number of nitro benzene ring substituents is 1. The lowest BCUT2D eigenvalue weighted by atomic mass is 10.2. The van der Waals surface area contributed by atoms with E-state index in [-0.39, 0.29) is 29.4 Å². The van der Waals surface area contributed by atoms with E-state index in [4.69, 9.17) is 9.83 Å². The lowest BCUT2D eigenvalue weighted by Crippen LogP contribution is -2.27. The lowest BCUT2D eigenvalue weighted by Gasteiger charge is -2.04. The van der Waals surface area contributed by atoms with Crippen molar-refractivity contribution in [2.24, 2.45) is 0 Å². The van der Waals surface area contributed by atoms with Crippen LogP contribution < -0.4 is 5.62 Å². The smallest absolute Gasteiger partial charge is 0.270 e. The Morgan fingerprint density at radius 2 is 1.62 bits per heavy atom. The van der Waals surface area contributed by atoms with E-state index in [0.717, 1.165) is 16.6 Å². The summed E-state index contributed by atoms with van der Waals surface area (Å²) in [7, 11) is 0. The van der Waals surface area contributed by atoms with Crippen LogP contribution >= 0.6 is 0 Å². The van der Waals surface area contributed by atoms with Crippen LogP contribution in [0.5, 0.6) is 0 Å². The average molecular weight is 426 g/mol. The Balaban J connectivity index is 1.52. The number of furan rings is 1. The molecule has 0 radical (unpaired) electrons. The molecule has 0 aliphatic rings. The summed E-state index contributed by atoms with van der Waals surface area (Å²) in [5.74, 6) is -0.211. The maximum Gasteiger partial charge on any atom is 0.270 e. The summed E-state index contributed by atoms with van der Waals surface area (Å²) in [4.78, 5) is 23.5. The molecular weight excluding hydrogens is 408 g/mol. The summed E-state index contributed by atoms with van der Waals surface area (Å²) in [5.41, 5.74) is 3.22. The number of non-ortho nitro benzene ring substituents is 1. The van der Waals surface area contributed by atoms with Crippen molar-refractivity contribution in [2.75, 3.05) is 0 Å². The predicted octanol–water partition coefficient (Wildman–Crippen LogP) is 4.51. The second-order valence-corrected chi connectivity index (χ2v) is 7.48. The summed E-state index contributed by atoms with van der Waals surface area (Å²) in [6.45, 7) is 0.429. The topological polar surface area (TPSA) is 107 Å². The molecule has 32 heavy (non-hydrogen) atoms. The van der Waals surface area contributed by atoms with E-state index in [1.165, 1.54) is 24.3 Å². The molecule has 8 heteroatoms. The molecule has 5 aromatic rings. The standard InChI is InChI=1S/C24H18N4O4/c25-24-26(14-16-6-2-1-3-7-16)19-8-4-5-9-20(19)27(24)15-21(29)23-13-17-12-18(28(30)31)10-11-22(17)32-23/h1-13,25H,14-15H2. The summed E-state index contributed by atoms with van der Waals surface area (Å²) >= 11 is 0. The molecule has 2 aromatic heterocycles. The van der Waals surface area contributed by atoms with Gasteiger partial charge in [0.15, 0.2) is 5.76 Å².